The van der Waals surface area contributed by atoms with Crippen LogP contribution in [0.25, 0.3) is 0 Å². The summed E-state index contributed by atoms with van der Waals surface area (Å²) in [7, 11) is 1.55. The molecule has 0 radical (unpaired) electrons. The molecule has 0 aromatic heterocycles. The van der Waals surface area contributed by atoms with Gasteiger partial charge in [-0.15, -0.1) is 0 Å². The molecule has 0 bridgehead atoms. The highest BCUT2D eigenvalue weighted by Gasteiger charge is 2.34. The molecule has 3 amide bonds. The van der Waals surface area contributed by atoms with Gasteiger partial charge in [0.2, 0.25) is 0 Å². The van der Waals surface area contributed by atoms with Crippen molar-refractivity contribution in [3.05, 3.63) is 70.5 Å². The van der Waals surface area contributed by atoms with Crippen LogP contribution in [0.15, 0.2) is 47.6 Å². The standard InChI is InChI=1S/C26H33FN4O3/c1-5-12-28-26(33)30(13-14-34-4)17-25(32)31-24(20-8-10-22(27)11-9-20)16-23(29-31)21-7-6-18(2)19(3)15-21/h6-11,15,24H,5,12-14,16-17H2,1-4H3,(H,28,33)/t24-/m1/s1. The Kier molecular flexibility index (Phi) is 8.76. The van der Waals surface area contributed by atoms with E-state index in [9.17, 15) is 14.0 Å². The molecule has 7 nitrogen and oxygen atoms in total. The van der Waals surface area contributed by atoms with Crippen LogP contribution in [0.4, 0.5) is 9.18 Å². The molecule has 0 unspecified atom stereocenters. The number of nitrogens with one attached hydrogen (secondary N) is 1. The lowest BCUT2D eigenvalue weighted by molar-refractivity contribution is -0.133. The minimum absolute atomic E-state index is 0.139. The number of rotatable bonds is 9. The van der Waals surface area contributed by atoms with Crippen LogP contribution in [-0.4, -0.2) is 60.9 Å². The molecule has 0 saturated carbocycles. The highest BCUT2D eigenvalue weighted by molar-refractivity contribution is 6.03. The van der Waals surface area contributed by atoms with Crippen molar-refractivity contribution in [3.8, 4) is 0 Å². The van der Waals surface area contributed by atoms with Crippen molar-refractivity contribution in [2.24, 2.45) is 5.10 Å². The van der Waals surface area contributed by atoms with E-state index in [0.29, 0.717) is 19.6 Å². The fourth-order valence-electron chi connectivity index (χ4n) is 3.81. The van der Waals surface area contributed by atoms with Crippen molar-refractivity contribution in [3.63, 3.8) is 0 Å². The molecule has 0 fully saturated rings. The summed E-state index contributed by atoms with van der Waals surface area (Å²) in [4.78, 5) is 27.5. The maximum Gasteiger partial charge on any atom is 0.317 e. The van der Waals surface area contributed by atoms with E-state index in [1.807, 2.05) is 32.9 Å². The summed E-state index contributed by atoms with van der Waals surface area (Å²) < 4.78 is 18.7. The molecule has 2 aromatic carbocycles. The van der Waals surface area contributed by atoms with Crippen LogP contribution >= 0.6 is 0 Å². The summed E-state index contributed by atoms with van der Waals surface area (Å²) in [6, 6.07) is 11.5. The van der Waals surface area contributed by atoms with Gasteiger partial charge in [-0.1, -0.05) is 31.2 Å². The van der Waals surface area contributed by atoms with E-state index in [1.165, 1.54) is 27.6 Å². The number of amides is 3. The van der Waals surface area contributed by atoms with Crippen molar-refractivity contribution in [2.45, 2.75) is 39.7 Å². The molecule has 1 aliphatic heterocycles. The number of benzene rings is 2. The predicted molar refractivity (Wildman–Crippen MR) is 130 cm³/mol. The Bertz CT molecular complexity index is 1040. The first kappa shape index (κ1) is 25.4. The van der Waals surface area contributed by atoms with Crippen molar-refractivity contribution < 1.29 is 18.7 Å². The van der Waals surface area contributed by atoms with Gasteiger partial charge in [0.1, 0.15) is 12.4 Å². The van der Waals surface area contributed by atoms with Gasteiger partial charge in [-0.05, 0) is 60.7 Å². The summed E-state index contributed by atoms with van der Waals surface area (Å²) in [6.07, 6.45) is 1.29. The first-order chi connectivity index (χ1) is 16.3. The predicted octanol–water partition coefficient (Wildman–Crippen LogP) is 4.19. The van der Waals surface area contributed by atoms with Crippen LogP contribution < -0.4 is 5.32 Å². The second kappa shape index (κ2) is 11.7. The lowest BCUT2D eigenvalue weighted by Crippen LogP contribution is -2.47. The van der Waals surface area contributed by atoms with Crippen molar-refractivity contribution in [2.75, 3.05) is 33.4 Å². The Morgan fingerprint density at radius 3 is 2.56 bits per heavy atom. The molecule has 8 heteroatoms. The van der Waals surface area contributed by atoms with Gasteiger partial charge in [0, 0.05) is 26.6 Å². The highest BCUT2D eigenvalue weighted by atomic mass is 19.1. The number of ether oxygens (including phenoxy) is 1. The van der Waals surface area contributed by atoms with Crippen LogP contribution in [0.1, 0.15) is 48.1 Å². The van der Waals surface area contributed by atoms with Crippen molar-refractivity contribution in [1.29, 1.82) is 0 Å². The maximum atomic E-state index is 13.6. The number of carbonyl (C=O) groups is 2. The summed E-state index contributed by atoms with van der Waals surface area (Å²) in [6.45, 7) is 7.02. The first-order valence-electron chi connectivity index (χ1n) is 11.6. The molecule has 0 spiro atoms. The number of methoxy groups -OCH3 is 1. The maximum absolute atomic E-state index is 13.6. The van der Waals surface area contributed by atoms with E-state index < -0.39 is 0 Å². The molecule has 3 rings (SSSR count). The van der Waals surface area contributed by atoms with Gasteiger partial charge >= 0.3 is 6.03 Å². The zero-order valence-corrected chi connectivity index (χ0v) is 20.3. The molecule has 34 heavy (non-hydrogen) atoms. The van der Waals surface area contributed by atoms with Crippen LogP contribution in [0.3, 0.4) is 0 Å². The number of hydrazone groups is 1. The molecule has 0 saturated heterocycles. The quantitative estimate of drug-likeness (QED) is 0.600. The van der Waals surface area contributed by atoms with Crippen LogP contribution in [0, 0.1) is 19.7 Å². The van der Waals surface area contributed by atoms with Gasteiger partial charge in [0.25, 0.3) is 5.91 Å². The number of carbonyl (C=O) groups excluding carboxylic acids is 2. The zero-order chi connectivity index (χ0) is 24.7. The second-order valence-electron chi connectivity index (χ2n) is 8.50. The lowest BCUT2D eigenvalue weighted by Gasteiger charge is -2.27. The third-order valence-electron chi connectivity index (χ3n) is 5.97. The van der Waals surface area contributed by atoms with Crippen molar-refractivity contribution in [1.82, 2.24) is 15.2 Å². The van der Waals surface area contributed by atoms with Gasteiger partial charge in [0.15, 0.2) is 0 Å². The van der Waals surface area contributed by atoms with E-state index in [4.69, 9.17) is 4.74 Å². The van der Waals surface area contributed by atoms with E-state index >= 15 is 0 Å². The van der Waals surface area contributed by atoms with E-state index in [2.05, 4.69) is 16.5 Å². The summed E-state index contributed by atoms with van der Waals surface area (Å²) >= 11 is 0. The summed E-state index contributed by atoms with van der Waals surface area (Å²) in [5.74, 6) is -0.649. The highest BCUT2D eigenvalue weighted by Crippen LogP contribution is 2.33. The molecular formula is C26H33FN4O3. The summed E-state index contributed by atoms with van der Waals surface area (Å²) in [5, 5.41) is 8.93. The third kappa shape index (κ3) is 6.20. The fraction of sp³-hybridized carbons (Fsp3) is 0.423. The lowest BCUT2D eigenvalue weighted by atomic mass is 9.96. The number of hydrogen-bond donors (Lipinski definition) is 1. The SMILES string of the molecule is CCCNC(=O)N(CCOC)CC(=O)N1N=C(c2ccc(C)c(C)c2)C[C@@H]1c1ccc(F)cc1. The fourth-order valence-corrected chi connectivity index (χ4v) is 3.81. The molecule has 1 aliphatic rings. The van der Waals surface area contributed by atoms with E-state index in [1.54, 1.807) is 19.2 Å². The van der Waals surface area contributed by atoms with Gasteiger partial charge in [0.05, 0.1) is 18.4 Å². The average Bonchev–Trinajstić information content (AvgIpc) is 3.28. The molecule has 1 N–H and O–H groups in total. The van der Waals surface area contributed by atoms with Gasteiger partial charge in [-0.2, -0.15) is 5.10 Å². The Labute approximate surface area is 200 Å². The molecule has 182 valence electrons. The third-order valence-corrected chi connectivity index (χ3v) is 5.97. The Morgan fingerprint density at radius 1 is 1.18 bits per heavy atom. The minimum Gasteiger partial charge on any atom is -0.383 e. The van der Waals surface area contributed by atoms with Gasteiger partial charge in [-0.3, -0.25) is 4.79 Å². The molecule has 0 aliphatic carbocycles. The number of nitrogens with zero attached hydrogens (tertiary/aromatic N) is 3. The van der Waals surface area contributed by atoms with Gasteiger partial charge < -0.3 is 15.0 Å². The summed E-state index contributed by atoms with van der Waals surface area (Å²) in [5.41, 5.74) is 4.84. The molecule has 1 heterocycles. The largest absolute Gasteiger partial charge is 0.383 e. The molecular weight excluding hydrogens is 435 g/mol. The van der Waals surface area contributed by atoms with Crippen molar-refractivity contribution >= 4 is 17.6 Å². The Morgan fingerprint density at radius 2 is 1.91 bits per heavy atom. The molecule has 1 atom stereocenters. The Hall–Kier alpha value is -3.26. The first-order valence-corrected chi connectivity index (χ1v) is 11.6. The van der Waals surface area contributed by atoms with Crippen LogP contribution in [0.5, 0.6) is 0 Å². The normalized spacial score (nSPS) is 15.3. The van der Waals surface area contributed by atoms with E-state index in [-0.39, 0.29) is 36.9 Å². The number of halogens is 1. The Balaban J connectivity index is 1.89. The van der Waals surface area contributed by atoms with Gasteiger partial charge in [-0.25, -0.2) is 14.2 Å². The average molecular weight is 469 g/mol. The van der Waals surface area contributed by atoms with E-state index in [0.717, 1.165) is 28.8 Å². The minimum atomic E-state index is -0.382. The second-order valence-corrected chi connectivity index (χ2v) is 8.50. The number of hydrogen-bond acceptors (Lipinski definition) is 4. The monoisotopic (exact) mass is 468 g/mol. The number of aryl methyl sites for hydroxylation is 2. The number of urea groups is 1. The smallest absolute Gasteiger partial charge is 0.317 e. The van der Waals surface area contributed by atoms with Crippen LogP contribution in [-0.2, 0) is 9.53 Å². The molecule has 2 aromatic rings. The topological polar surface area (TPSA) is 74.2 Å². The zero-order valence-electron chi connectivity index (χ0n) is 20.3. The van der Waals surface area contributed by atoms with Crippen LogP contribution in [0.2, 0.25) is 0 Å².